The first-order valence-corrected chi connectivity index (χ1v) is 7.51. The standard InChI is InChI=1S/C10H21N3O2S.ClH/c11-10-5-4-8-13(9-10)16(14,15)12-6-2-1-3-7-12;/h10H,1-9,11H2;1H. The zero-order valence-corrected chi connectivity index (χ0v) is 11.7. The van der Waals surface area contributed by atoms with Crippen LogP contribution in [0.4, 0.5) is 0 Å². The molecule has 102 valence electrons. The Morgan fingerprint density at radius 2 is 1.53 bits per heavy atom. The summed E-state index contributed by atoms with van der Waals surface area (Å²) in [6.07, 6.45) is 4.93. The van der Waals surface area contributed by atoms with Crippen LogP contribution in [0.1, 0.15) is 32.1 Å². The second-order valence-electron chi connectivity index (χ2n) is 4.73. The fourth-order valence-electron chi connectivity index (χ4n) is 2.44. The number of halogens is 1. The number of rotatable bonds is 2. The maximum Gasteiger partial charge on any atom is 0.282 e. The van der Waals surface area contributed by atoms with Crippen LogP contribution in [0, 0.1) is 0 Å². The molecule has 0 spiro atoms. The van der Waals surface area contributed by atoms with Crippen LogP contribution < -0.4 is 5.73 Å². The monoisotopic (exact) mass is 283 g/mol. The van der Waals surface area contributed by atoms with E-state index in [9.17, 15) is 8.42 Å². The molecule has 1 unspecified atom stereocenters. The maximum atomic E-state index is 12.3. The first-order valence-electron chi connectivity index (χ1n) is 6.11. The van der Waals surface area contributed by atoms with Crippen molar-refractivity contribution in [1.82, 2.24) is 8.61 Å². The van der Waals surface area contributed by atoms with E-state index in [2.05, 4.69) is 0 Å². The molecule has 0 aliphatic carbocycles. The highest BCUT2D eigenvalue weighted by molar-refractivity contribution is 7.86. The predicted molar refractivity (Wildman–Crippen MR) is 70.4 cm³/mol. The summed E-state index contributed by atoms with van der Waals surface area (Å²) in [5, 5.41) is 0. The summed E-state index contributed by atoms with van der Waals surface area (Å²) in [4.78, 5) is 0. The van der Waals surface area contributed by atoms with Crippen molar-refractivity contribution in [1.29, 1.82) is 0 Å². The van der Waals surface area contributed by atoms with E-state index in [1.54, 1.807) is 8.61 Å². The maximum absolute atomic E-state index is 12.3. The van der Waals surface area contributed by atoms with Gasteiger partial charge < -0.3 is 5.73 Å². The minimum atomic E-state index is -3.23. The van der Waals surface area contributed by atoms with Crippen LogP contribution in [0.15, 0.2) is 0 Å². The minimum Gasteiger partial charge on any atom is -0.327 e. The Morgan fingerprint density at radius 3 is 2.12 bits per heavy atom. The van der Waals surface area contributed by atoms with Gasteiger partial charge in [0, 0.05) is 32.2 Å². The van der Waals surface area contributed by atoms with Gasteiger partial charge in [-0.3, -0.25) is 0 Å². The molecule has 7 heteroatoms. The predicted octanol–water partition coefficient (Wildman–Crippen LogP) is 0.562. The van der Waals surface area contributed by atoms with Crippen molar-refractivity contribution < 1.29 is 8.42 Å². The highest BCUT2D eigenvalue weighted by Crippen LogP contribution is 2.19. The molecule has 0 aromatic heterocycles. The fraction of sp³-hybridized carbons (Fsp3) is 1.00. The smallest absolute Gasteiger partial charge is 0.282 e. The molecule has 0 amide bonds. The lowest BCUT2D eigenvalue weighted by atomic mass is 10.1. The van der Waals surface area contributed by atoms with E-state index in [1.807, 2.05) is 0 Å². The molecule has 5 nitrogen and oxygen atoms in total. The van der Waals surface area contributed by atoms with Crippen molar-refractivity contribution in [3.05, 3.63) is 0 Å². The second-order valence-corrected chi connectivity index (χ2v) is 6.66. The third-order valence-electron chi connectivity index (χ3n) is 3.39. The molecule has 0 aromatic rings. The van der Waals surface area contributed by atoms with Gasteiger partial charge in [-0.15, -0.1) is 12.4 Å². The van der Waals surface area contributed by atoms with Crippen LogP contribution >= 0.6 is 12.4 Å². The molecule has 0 radical (unpaired) electrons. The van der Waals surface area contributed by atoms with Crippen molar-refractivity contribution >= 4 is 22.6 Å². The van der Waals surface area contributed by atoms with Crippen molar-refractivity contribution in [3.63, 3.8) is 0 Å². The molecular weight excluding hydrogens is 262 g/mol. The summed E-state index contributed by atoms with van der Waals surface area (Å²) >= 11 is 0. The van der Waals surface area contributed by atoms with Gasteiger partial charge in [0.05, 0.1) is 0 Å². The van der Waals surface area contributed by atoms with Crippen LogP contribution in [-0.2, 0) is 10.2 Å². The first-order chi connectivity index (χ1) is 7.60. The van der Waals surface area contributed by atoms with Crippen LogP contribution in [0.2, 0.25) is 0 Å². The van der Waals surface area contributed by atoms with E-state index in [0.717, 1.165) is 32.1 Å². The molecule has 0 saturated carbocycles. The number of nitrogens with two attached hydrogens (primary N) is 1. The second kappa shape index (κ2) is 6.33. The van der Waals surface area contributed by atoms with E-state index in [4.69, 9.17) is 5.73 Å². The summed E-state index contributed by atoms with van der Waals surface area (Å²) in [7, 11) is -3.23. The lowest BCUT2D eigenvalue weighted by Crippen LogP contribution is -2.52. The van der Waals surface area contributed by atoms with E-state index in [1.165, 1.54) is 0 Å². The SMILES string of the molecule is Cl.NC1CCCN(S(=O)(=O)N2CCCCC2)C1. The Hall–Kier alpha value is 0.120. The molecule has 2 fully saturated rings. The summed E-state index contributed by atoms with van der Waals surface area (Å²) < 4.78 is 27.7. The molecule has 2 heterocycles. The number of nitrogens with zero attached hydrogens (tertiary/aromatic N) is 2. The number of piperidine rings is 2. The zero-order valence-electron chi connectivity index (χ0n) is 10.0. The Labute approximate surface area is 110 Å². The Balaban J connectivity index is 0.00000144. The minimum absolute atomic E-state index is 0. The van der Waals surface area contributed by atoms with E-state index in [-0.39, 0.29) is 18.4 Å². The van der Waals surface area contributed by atoms with Crippen LogP contribution in [0.25, 0.3) is 0 Å². The third-order valence-corrected chi connectivity index (χ3v) is 5.39. The van der Waals surface area contributed by atoms with E-state index >= 15 is 0 Å². The van der Waals surface area contributed by atoms with Gasteiger partial charge in [0.2, 0.25) is 0 Å². The van der Waals surface area contributed by atoms with Crippen LogP contribution in [0.3, 0.4) is 0 Å². The van der Waals surface area contributed by atoms with Crippen molar-refractivity contribution in [2.24, 2.45) is 5.73 Å². The van der Waals surface area contributed by atoms with Gasteiger partial charge in [0.1, 0.15) is 0 Å². The van der Waals surface area contributed by atoms with Crippen molar-refractivity contribution in [2.45, 2.75) is 38.1 Å². The normalized spacial score (nSPS) is 28.6. The summed E-state index contributed by atoms with van der Waals surface area (Å²) in [5.74, 6) is 0. The summed E-state index contributed by atoms with van der Waals surface area (Å²) in [5.41, 5.74) is 5.83. The van der Waals surface area contributed by atoms with Gasteiger partial charge in [-0.05, 0) is 25.7 Å². The van der Waals surface area contributed by atoms with Gasteiger partial charge in [-0.25, -0.2) is 0 Å². The van der Waals surface area contributed by atoms with Gasteiger partial charge in [0.15, 0.2) is 0 Å². The Kier molecular flexibility index (Phi) is 5.66. The van der Waals surface area contributed by atoms with Gasteiger partial charge >= 0.3 is 0 Å². The molecule has 17 heavy (non-hydrogen) atoms. The molecule has 2 N–H and O–H groups in total. The molecule has 0 bridgehead atoms. The van der Waals surface area contributed by atoms with Crippen molar-refractivity contribution in [2.75, 3.05) is 26.2 Å². The largest absolute Gasteiger partial charge is 0.327 e. The third kappa shape index (κ3) is 3.54. The fourth-order valence-corrected chi connectivity index (χ4v) is 4.23. The Bertz CT molecular complexity index is 330. The molecule has 1 atom stereocenters. The molecule has 2 saturated heterocycles. The van der Waals surface area contributed by atoms with Gasteiger partial charge in [0.25, 0.3) is 10.2 Å². The number of hydrogen-bond acceptors (Lipinski definition) is 3. The summed E-state index contributed by atoms with van der Waals surface area (Å²) in [6.45, 7) is 2.47. The molecule has 2 aliphatic rings. The summed E-state index contributed by atoms with van der Waals surface area (Å²) in [6, 6.07) is 0.00770. The van der Waals surface area contributed by atoms with Crippen LogP contribution in [-0.4, -0.2) is 49.2 Å². The van der Waals surface area contributed by atoms with Crippen molar-refractivity contribution in [3.8, 4) is 0 Å². The molecular formula is C10H22ClN3O2S. The van der Waals surface area contributed by atoms with Gasteiger partial charge in [-0.2, -0.15) is 17.0 Å². The zero-order chi connectivity index (χ0) is 11.6. The molecule has 2 rings (SSSR count). The molecule has 2 aliphatic heterocycles. The quantitative estimate of drug-likeness (QED) is 0.805. The number of hydrogen-bond donors (Lipinski definition) is 1. The average molecular weight is 284 g/mol. The van der Waals surface area contributed by atoms with E-state index < -0.39 is 10.2 Å². The first kappa shape index (κ1) is 15.2. The highest BCUT2D eigenvalue weighted by atomic mass is 35.5. The molecule has 0 aromatic carbocycles. The average Bonchev–Trinajstić information content (AvgIpc) is 2.30. The van der Waals surface area contributed by atoms with Gasteiger partial charge in [-0.1, -0.05) is 6.42 Å². The highest BCUT2D eigenvalue weighted by Gasteiger charge is 2.33. The topological polar surface area (TPSA) is 66.6 Å². The lowest BCUT2D eigenvalue weighted by molar-refractivity contribution is 0.268. The van der Waals surface area contributed by atoms with Crippen LogP contribution in [0.5, 0.6) is 0 Å². The van der Waals surface area contributed by atoms with E-state index in [0.29, 0.717) is 26.2 Å². The Morgan fingerprint density at radius 1 is 0.941 bits per heavy atom. The lowest BCUT2D eigenvalue weighted by Gasteiger charge is -2.35.